The summed E-state index contributed by atoms with van der Waals surface area (Å²) in [5, 5.41) is 0. The maximum atomic E-state index is 0. The fraction of sp³-hybridized carbons (Fsp3) is 0. The summed E-state index contributed by atoms with van der Waals surface area (Å²) in [4.78, 5) is 0. The zero-order chi connectivity index (χ0) is 0. The van der Waals surface area contributed by atoms with Crippen LogP contribution in [-0.4, -0.2) is 16.4 Å². The van der Waals surface area contributed by atoms with E-state index in [1.165, 1.54) is 0 Å². The summed E-state index contributed by atoms with van der Waals surface area (Å²) in [5.74, 6) is 0. The van der Waals surface area contributed by atoms with Crippen LogP contribution in [0, 0.1) is 29.2 Å². The molecule has 0 rings (SSSR count). The first-order valence-electron chi connectivity index (χ1n) is 0. The van der Waals surface area contributed by atoms with Gasteiger partial charge in [0.2, 0.25) is 0 Å². The molecule has 0 heterocycles. The van der Waals surface area contributed by atoms with Gasteiger partial charge in [0.25, 0.3) is 0 Å². The van der Waals surface area contributed by atoms with Crippen LogP contribution < -0.4 is 0 Å². The van der Waals surface area contributed by atoms with Crippen molar-refractivity contribution in [2.24, 2.45) is 0 Å². The average molecular weight is 295 g/mol. The second kappa shape index (κ2) is 42.3. The van der Waals surface area contributed by atoms with Gasteiger partial charge in [-0.25, -0.2) is 0 Å². The van der Waals surface area contributed by atoms with Crippen LogP contribution in [0.4, 0.5) is 0 Å². The molecule has 3 nitrogen and oxygen atoms in total. The Labute approximate surface area is 45.9 Å². The molecule has 0 aliphatic rings. The van der Waals surface area contributed by atoms with E-state index in [-0.39, 0.29) is 45.6 Å². The van der Waals surface area contributed by atoms with Crippen LogP contribution in [0.25, 0.3) is 0 Å². The Hall–Kier alpha value is 0.867. The van der Waals surface area contributed by atoms with Crippen molar-refractivity contribution in [3.8, 4) is 0 Å². The van der Waals surface area contributed by atoms with E-state index in [2.05, 4.69) is 0 Å². The molecule has 3 N–H and O–H groups in total. The third-order valence-corrected chi connectivity index (χ3v) is 0. The van der Waals surface area contributed by atoms with Gasteiger partial charge in [-0.05, 0) is 0 Å². The molecule has 30 valence electrons. The maximum absolute atomic E-state index is 0. The van der Waals surface area contributed by atoms with Gasteiger partial charge in [-0.2, -0.15) is 0 Å². The molecule has 0 atom stereocenters. The van der Waals surface area contributed by atoms with Gasteiger partial charge in [0.15, 0.2) is 0 Å². The molecule has 0 aliphatic carbocycles. The van der Waals surface area contributed by atoms with Crippen LogP contribution in [0.1, 0.15) is 0 Å². The fourth-order valence-corrected chi connectivity index (χ4v) is 0. The van der Waals surface area contributed by atoms with E-state index in [9.17, 15) is 0 Å². The van der Waals surface area contributed by atoms with Crippen molar-refractivity contribution in [1.29, 1.82) is 0 Å². The van der Waals surface area contributed by atoms with Crippen molar-refractivity contribution in [2.45, 2.75) is 0 Å². The van der Waals surface area contributed by atoms with Gasteiger partial charge in [0, 0.05) is 29.2 Å². The molecule has 0 unspecified atom stereocenters. The molecule has 0 radical (unpaired) electrons. The Kier molecular flexibility index (Phi) is 1020. The van der Waals surface area contributed by atoms with Gasteiger partial charge in [0.05, 0.1) is 0 Å². The van der Waals surface area contributed by atoms with Gasteiger partial charge >= 0.3 is 0 Å². The predicted octanol–water partition coefficient (Wildman–Crippen LogP) is -0.530. The summed E-state index contributed by atoms with van der Waals surface area (Å²) in [6.45, 7) is 0. The SMILES string of the molecule is [OH-].[OH-].[OH-].[Pu]. The molecule has 0 fully saturated rings. The normalized spacial score (nSPS) is 0. The van der Waals surface area contributed by atoms with Crippen LogP contribution in [-0.2, 0) is 0 Å². The van der Waals surface area contributed by atoms with Crippen molar-refractivity contribution in [1.82, 2.24) is 0 Å². The van der Waals surface area contributed by atoms with Crippen LogP contribution in [0.15, 0.2) is 0 Å². The minimum Gasteiger partial charge on any atom is -0.870 e. The van der Waals surface area contributed by atoms with E-state index in [4.69, 9.17) is 0 Å². The fourth-order valence-electron chi connectivity index (χ4n) is 0. The molecule has 0 aromatic carbocycles. The van der Waals surface area contributed by atoms with E-state index >= 15 is 0 Å². The second-order valence-corrected chi connectivity index (χ2v) is 0. The number of hydrogen-bond acceptors (Lipinski definition) is 3. The quantitative estimate of drug-likeness (QED) is 0.601. The first-order valence-corrected chi connectivity index (χ1v) is 0. The summed E-state index contributed by atoms with van der Waals surface area (Å²) in [5.41, 5.74) is 0. The van der Waals surface area contributed by atoms with Crippen molar-refractivity contribution in [2.75, 3.05) is 0 Å². The van der Waals surface area contributed by atoms with E-state index in [0.29, 0.717) is 0 Å². The zero-order valence-electron chi connectivity index (χ0n) is 1.75. The standard InChI is InChI=1S/3H2O.Pu/h3*1H2;/p-3. The molecule has 0 saturated heterocycles. The minimum atomic E-state index is 0. The molecular formula is H3O3Pu-3. The molecule has 0 bridgehead atoms. The molecule has 0 amide bonds. The Bertz CT molecular complexity index is 3.25. The van der Waals surface area contributed by atoms with Gasteiger partial charge in [-0.1, -0.05) is 0 Å². The first-order chi connectivity index (χ1) is 0. The van der Waals surface area contributed by atoms with Crippen molar-refractivity contribution in [3.63, 3.8) is 0 Å². The number of hydrogen-bond donors (Lipinski definition) is 0. The molecule has 4 heavy (non-hydrogen) atoms. The molecule has 0 spiro atoms. The van der Waals surface area contributed by atoms with Crippen LogP contribution in [0.3, 0.4) is 0 Å². The monoisotopic (exact) mass is 289 g/mol. The Balaban J connectivity index is 0. The van der Waals surface area contributed by atoms with Gasteiger partial charge in [-0.3, -0.25) is 0 Å². The van der Waals surface area contributed by atoms with E-state index < -0.39 is 0 Å². The van der Waals surface area contributed by atoms with Crippen molar-refractivity contribution < 1.29 is 45.6 Å². The molecular weight excluding hydrogens is 292 g/mol. The third kappa shape index (κ3) is 13.3. The molecule has 0 saturated carbocycles. The minimum absolute atomic E-state index is 0. The summed E-state index contributed by atoms with van der Waals surface area (Å²) < 4.78 is 0. The maximum Gasteiger partial charge on any atom is 0 e. The molecule has 4 heteroatoms. The summed E-state index contributed by atoms with van der Waals surface area (Å²) in [6, 6.07) is 0. The van der Waals surface area contributed by atoms with Crippen LogP contribution in [0.5, 0.6) is 0 Å². The zero-order valence-corrected chi connectivity index (χ0v) is 5.15. The van der Waals surface area contributed by atoms with Gasteiger partial charge in [-0.15, -0.1) is 0 Å². The molecule has 0 aliphatic heterocycles. The number of rotatable bonds is 0. The van der Waals surface area contributed by atoms with Crippen molar-refractivity contribution in [3.05, 3.63) is 0 Å². The van der Waals surface area contributed by atoms with Crippen LogP contribution in [0.2, 0.25) is 0 Å². The van der Waals surface area contributed by atoms with Crippen molar-refractivity contribution >= 4 is 0 Å². The summed E-state index contributed by atoms with van der Waals surface area (Å²) in [7, 11) is 0. The summed E-state index contributed by atoms with van der Waals surface area (Å²) in [6.07, 6.45) is 0. The average Bonchev–Trinajstić information content (AvgIpc) is 0. The van der Waals surface area contributed by atoms with E-state index in [1.54, 1.807) is 0 Å². The smallest absolute Gasteiger partial charge is 0 e. The van der Waals surface area contributed by atoms with Gasteiger partial charge in [0.1, 0.15) is 0 Å². The third-order valence-electron chi connectivity index (χ3n) is 0. The largest absolute Gasteiger partial charge is 0.870 e. The second-order valence-electron chi connectivity index (χ2n) is 0. The van der Waals surface area contributed by atoms with Crippen LogP contribution >= 0.6 is 0 Å². The van der Waals surface area contributed by atoms with Gasteiger partial charge < -0.3 is 16.4 Å². The Morgan fingerprint density at radius 3 is 0.500 bits per heavy atom. The van der Waals surface area contributed by atoms with E-state index in [0.717, 1.165) is 0 Å². The molecule has 0 aromatic heterocycles. The molecule has 0 aromatic rings. The topological polar surface area (TPSA) is 90.0 Å². The Morgan fingerprint density at radius 1 is 0.500 bits per heavy atom. The summed E-state index contributed by atoms with van der Waals surface area (Å²) >= 11 is 0. The van der Waals surface area contributed by atoms with E-state index in [1.807, 2.05) is 0 Å². The Morgan fingerprint density at radius 2 is 0.500 bits per heavy atom. The predicted molar refractivity (Wildman–Crippen MR) is 5.81 cm³/mol. The first kappa shape index (κ1) is 96.8.